The van der Waals surface area contributed by atoms with E-state index >= 15 is 0 Å². The fraction of sp³-hybridized carbons (Fsp3) is 0.471. The molecule has 1 N–H and O–H groups in total. The number of ketones is 1. The molecule has 2 rings (SSSR count). The molecule has 1 aromatic rings. The predicted octanol–water partition coefficient (Wildman–Crippen LogP) is 1.78. The molecule has 0 bridgehead atoms. The minimum absolute atomic E-state index is 0.0221. The van der Waals surface area contributed by atoms with Gasteiger partial charge < -0.3 is 10.1 Å². The summed E-state index contributed by atoms with van der Waals surface area (Å²) in [5, 5.41) is 2.52. The molecule has 1 atom stereocenters. The van der Waals surface area contributed by atoms with Gasteiger partial charge in [-0.15, -0.1) is 0 Å². The van der Waals surface area contributed by atoms with Gasteiger partial charge in [0.05, 0.1) is 5.69 Å². The zero-order chi connectivity index (χ0) is 17.1. The van der Waals surface area contributed by atoms with Gasteiger partial charge in [-0.1, -0.05) is 20.8 Å². The highest BCUT2D eigenvalue weighted by Crippen LogP contribution is 2.36. The largest absolute Gasteiger partial charge is 0.478 e. The highest BCUT2D eigenvalue weighted by atomic mass is 16.5. The zero-order valence-electron chi connectivity index (χ0n) is 13.9. The standard InChI is InChI=1S/C17H22N2O4/c1-5-13(20)11-6-7-14-12(8-11)19(9-15(21)18-4)17(22)16(23-14)10(2)3/h6-8,10,16H,5,9H2,1-4H3,(H,18,21). The molecule has 1 aromatic carbocycles. The van der Waals surface area contributed by atoms with E-state index in [4.69, 9.17) is 4.74 Å². The third-order valence-electron chi connectivity index (χ3n) is 3.84. The number of nitrogens with zero attached hydrogens (tertiary/aromatic N) is 1. The van der Waals surface area contributed by atoms with Crippen molar-refractivity contribution in [2.75, 3.05) is 18.5 Å². The summed E-state index contributed by atoms with van der Waals surface area (Å²) in [6.45, 7) is 5.46. The van der Waals surface area contributed by atoms with E-state index < -0.39 is 6.10 Å². The maximum atomic E-state index is 12.7. The molecule has 23 heavy (non-hydrogen) atoms. The smallest absolute Gasteiger partial charge is 0.268 e. The van der Waals surface area contributed by atoms with E-state index in [0.717, 1.165) is 0 Å². The zero-order valence-corrected chi connectivity index (χ0v) is 13.9. The molecular formula is C17H22N2O4. The summed E-state index contributed by atoms with van der Waals surface area (Å²) < 4.78 is 5.79. The average molecular weight is 318 g/mol. The third kappa shape index (κ3) is 3.36. The summed E-state index contributed by atoms with van der Waals surface area (Å²) in [4.78, 5) is 37.8. The Labute approximate surface area is 135 Å². The Morgan fingerprint density at radius 1 is 1.35 bits per heavy atom. The van der Waals surface area contributed by atoms with E-state index in [9.17, 15) is 14.4 Å². The number of Topliss-reactive ketones (excluding diaryl/α,β-unsaturated/α-hetero) is 1. The molecule has 0 aliphatic carbocycles. The van der Waals surface area contributed by atoms with Crippen molar-refractivity contribution in [1.82, 2.24) is 5.32 Å². The number of fused-ring (bicyclic) bond motifs is 1. The third-order valence-corrected chi connectivity index (χ3v) is 3.84. The lowest BCUT2D eigenvalue weighted by molar-refractivity contribution is -0.130. The lowest BCUT2D eigenvalue weighted by atomic mass is 10.0. The number of carbonyl (C=O) groups excluding carboxylic acids is 3. The molecule has 6 nitrogen and oxygen atoms in total. The maximum Gasteiger partial charge on any atom is 0.268 e. The van der Waals surface area contributed by atoms with Crippen molar-refractivity contribution in [1.29, 1.82) is 0 Å². The van der Waals surface area contributed by atoms with Gasteiger partial charge in [-0.05, 0) is 24.1 Å². The van der Waals surface area contributed by atoms with Crippen molar-refractivity contribution in [3.05, 3.63) is 23.8 Å². The van der Waals surface area contributed by atoms with Gasteiger partial charge in [0.2, 0.25) is 5.91 Å². The first-order valence-corrected chi connectivity index (χ1v) is 7.74. The van der Waals surface area contributed by atoms with E-state index in [2.05, 4.69) is 5.32 Å². The molecule has 0 radical (unpaired) electrons. The van der Waals surface area contributed by atoms with Crippen LogP contribution < -0.4 is 15.0 Å². The number of rotatable bonds is 5. The molecule has 0 fully saturated rings. The van der Waals surface area contributed by atoms with Gasteiger partial charge in [0, 0.05) is 19.0 Å². The topological polar surface area (TPSA) is 75.7 Å². The van der Waals surface area contributed by atoms with Gasteiger partial charge >= 0.3 is 0 Å². The van der Waals surface area contributed by atoms with E-state index in [-0.39, 0.29) is 30.1 Å². The molecule has 2 amide bonds. The Morgan fingerprint density at radius 3 is 2.61 bits per heavy atom. The Kier molecular flexibility index (Phi) is 5.03. The van der Waals surface area contributed by atoms with Gasteiger partial charge in [0.15, 0.2) is 11.9 Å². The van der Waals surface area contributed by atoms with Crippen molar-refractivity contribution in [3.8, 4) is 5.75 Å². The number of ether oxygens (including phenoxy) is 1. The predicted molar refractivity (Wildman–Crippen MR) is 86.7 cm³/mol. The number of hydrogen-bond acceptors (Lipinski definition) is 4. The molecule has 0 spiro atoms. The van der Waals surface area contributed by atoms with Crippen LogP contribution >= 0.6 is 0 Å². The molecule has 124 valence electrons. The monoisotopic (exact) mass is 318 g/mol. The summed E-state index contributed by atoms with van der Waals surface area (Å²) in [6.07, 6.45) is -0.266. The number of nitrogens with one attached hydrogen (secondary N) is 1. The lowest BCUT2D eigenvalue weighted by Gasteiger charge is -2.35. The van der Waals surface area contributed by atoms with Crippen molar-refractivity contribution in [3.63, 3.8) is 0 Å². The Bertz CT molecular complexity index is 639. The molecule has 0 aromatic heterocycles. The molecule has 1 heterocycles. The molecule has 1 unspecified atom stereocenters. The molecule has 0 saturated carbocycles. The van der Waals surface area contributed by atoms with Crippen LogP contribution in [0.5, 0.6) is 5.75 Å². The van der Waals surface area contributed by atoms with Crippen LogP contribution in [0.2, 0.25) is 0 Å². The van der Waals surface area contributed by atoms with Crippen LogP contribution in [0.25, 0.3) is 0 Å². The first-order valence-electron chi connectivity index (χ1n) is 7.74. The first kappa shape index (κ1) is 17.0. The van der Waals surface area contributed by atoms with Crippen LogP contribution in [-0.2, 0) is 9.59 Å². The molecule has 6 heteroatoms. The van der Waals surface area contributed by atoms with Crippen LogP contribution in [0.4, 0.5) is 5.69 Å². The minimum atomic E-state index is -0.639. The van der Waals surface area contributed by atoms with Crippen molar-refractivity contribution < 1.29 is 19.1 Å². The number of benzene rings is 1. The van der Waals surface area contributed by atoms with Gasteiger partial charge in [0.1, 0.15) is 12.3 Å². The van der Waals surface area contributed by atoms with Crippen molar-refractivity contribution in [2.45, 2.75) is 33.3 Å². The summed E-state index contributed by atoms with van der Waals surface area (Å²) >= 11 is 0. The second kappa shape index (κ2) is 6.81. The summed E-state index contributed by atoms with van der Waals surface area (Å²) in [7, 11) is 1.52. The summed E-state index contributed by atoms with van der Waals surface area (Å²) in [5.74, 6) is -0.0797. The Hall–Kier alpha value is -2.37. The number of carbonyl (C=O) groups is 3. The van der Waals surface area contributed by atoms with Crippen LogP contribution in [0.1, 0.15) is 37.6 Å². The van der Waals surface area contributed by atoms with Crippen LogP contribution in [-0.4, -0.2) is 37.3 Å². The molecule has 1 aliphatic rings. The molecule has 1 aliphatic heterocycles. The second-order valence-electron chi connectivity index (χ2n) is 5.84. The van der Waals surface area contributed by atoms with Crippen LogP contribution in [0, 0.1) is 5.92 Å². The Morgan fingerprint density at radius 2 is 2.04 bits per heavy atom. The fourth-order valence-electron chi connectivity index (χ4n) is 2.47. The van der Waals surface area contributed by atoms with Crippen molar-refractivity contribution in [2.24, 2.45) is 5.92 Å². The maximum absolute atomic E-state index is 12.7. The van der Waals surface area contributed by atoms with Crippen LogP contribution in [0.3, 0.4) is 0 Å². The van der Waals surface area contributed by atoms with Gasteiger partial charge in [-0.2, -0.15) is 0 Å². The molecular weight excluding hydrogens is 296 g/mol. The number of anilines is 1. The van der Waals surface area contributed by atoms with Crippen LogP contribution in [0.15, 0.2) is 18.2 Å². The normalized spacial score (nSPS) is 16.8. The van der Waals surface area contributed by atoms with Gasteiger partial charge in [-0.3, -0.25) is 19.3 Å². The molecule has 0 saturated heterocycles. The van der Waals surface area contributed by atoms with E-state index in [0.29, 0.717) is 23.4 Å². The average Bonchev–Trinajstić information content (AvgIpc) is 2.55. The lowest BCUT2D eigenvalue weighted by Crippen LogP contribution is -2.51. The number of hydrogen-bond donors (Lipinski definition) is 1. The van der Waals surface area contributed by atoms with Gasteiger partial charge in [-0.25, -0.2) is 0 Å². The van der Waals surface area contributed by atoms with E-state index in [1.807, 2.05) is 13.8 Å². The fourth-order valence-corrected chi connectivity index (χ4v) is 2.47. The highest BCUT2D eigenvalue weighted by molar-refractivity contribution is 6.05. The number of amides is 2. The van der Waals surface area contributed by atoms with Gasteiger partial charge in [0.25, 0.3) is 5.91 Å². The quantitative estimate of drug-likeness (QED) is 0.840. The highest BCUT2D eigenvalue weighted by Gasteiger charge is 2.37. The van der Waals surface area contributed by atoms with E-state index in [1.165, 1.54) is 11.9 Å². The Balaban J connectivity index is 2.48. The van der Waals surface area contributed by atoms with E-state index in [1.54, 1.807) is 25.1 Å². The summed E-state index contributed by atoms with van der Waals surface area (Å²) in [5.41, 5.74) is 0.974. The summed E-state index contributed by atoms with van der Waals surface area (Å²) in [6, 6.07) is 5.01. The minimum Gasteiger partial charge on any atom is -0.478 e. The first-order chi connectivity index (χ1) is 10.9. The van der Waals surface area contributed by atoms with Crippen molar-refractivity contribution >= 4 is 23.3 Å². The second-order valence-corrected chi connectivity index (χ2v) is 5.84. The number of likely N-dealkylation sites (N-methyl/N-ethyl adjacent to an activating group) is 1. The SMILES string of the molecule is CCC(=O)c1ccc2c(c1)N(CC(=O)NC)C(=O)C(C(C)C)O2.